The largest absolute Gasteiger partial charge is 0.417 e. The standard InChI is InChI=1S/C15H15N5O2S/c1-9(21)18-12(6-10-2-4-11(16)5-3-10)14-19-20-15(22-14)13-7-23-8-17-13/h2-5,7-8,12H,6,16H2,1H3,(H,18,21)/t12-/m0/s1. The number of thiazole rings is 1. The zero-order valence-corrected chi connectivity index (χ0v) is 13.2. The molecule has 0 aliphatic heterocycles. The van der Waals surface area contributed by atoms with Gasteiger partial charge >= 0.3 is 0 Å². The first kappa shape index (κ1) is 15.2. The highest BCUT2D eigenvalue weighted by atomic mass is 32.1. The maximum absolute atomic E-state index is 11.5. The lowest BCUT2D eigenvalue weighted by Gasteiger charge is -2.14. The van der Waals surface area contributed by atoms with Crippen molar-refractivity contribution in [2.75, 3.05) is 5.73 Å². The second-order valence-electron chi connectivity index (χ2n) is 5.02. The minimum Gasteiger partial charge on any atom is -0.417 e. The van der Waals surface area contributed by atoms with Crippen molar-refractivity contribution in [2.45, 2.75) is 19.4 Å². The van der Waals surface area contributed by atoms with E-state index in [1.165, 1.54) is 18.3 Å². The van der Waals surface area contributed by atoms with Crippen molar-refractivity contribution in [3.05, 3.63) is 46.6 Å². The van der Waals surface area contributed by atoms with Crippen molar-refractivity contribution in [1.82, 2.24) is 20.5 Å². The van der Waals surface area contributed by atoms with Crippen LogP contribution in [0.2, 0.25) is 0 Å². The monoisotopic (exact) mass is 329 g/mol. The minimum atomic E-state index is -0.406. The van der Waals surface area contributed by atoms with E-state index in [1.54, 1.807) is 5.51 Å². The first-order chi connectivity index (χ1) is 11.1. The van der Waals surface area contributed by atoms with Crippen LogP contribution in [0.3, 0.4) is 0 Å². The van der Waals surface area contributed by atoms with Crippen molar-refractivity contribution in [2.24, 2.45) is 0 Å². The molecule has 0 fully saturated rings. The van der Waals surface area contributed by atoms with Gasteiger partial charge in [0.15, 0.2) is 0 Å². The van der Waals surface area contributed by atoms with Gasteiger partial charge in [-0.3, -0.25) is 4.79 Å². The molecule has 2 heterocycles. The van der Waals surface area contributed by atoms with Crippen LogP contribution in [0.4, 0.5) is 5.69 Å². The molecule has 3 aromatic rings. The Morgan fingerprint density at radius 2 is 2.13 bits per heavy atom. The second kappa shape index (κ2) is 6.57. The number of aromatic nitrogens is 3. The van der Waals surface area contributed by atoms with Crippen molar-refractivity contribution in [3.63, 3.8) is 0 Å². The fourth-order valence-electron chi connectivity index (χ4n) is 2.13. The summed E-state index contributed by atoms with van der Waals surface area (Å²) >= 11 is 1.45. The number of rotatable bonds is 5. The SMILES string of the molecule is CC(=O)N[C@@H](Cc1ccc(N)cc1)c1nnc(-c2cscn2)o1. The summed E-state index contributed by atoms with van der Waals surface area (Å²) in [5.74, 6) is 0.521. The van der Waals surface area contributed by atoms with E-state index in [0.29, 0.717) is 29.6 Å². The highest BCUT2D eigenvalue weighted by molar-refractivity contribution is 7.07. The van der Waals surface area contributed by atoms with E-state index in [-0.39, 0.29) is 5.91 Å². The maximum Gasteiger partial charge on any atom is 0.267 e. The molecule has 0 saturated carbocycles. The van der Waals surface area contributed by atoms with E-state index in [4.69, 9.17) is 10.2 Å². The van der Waals surface area contributed by atoms with Gasteiger partial charge in [-0.05, 0) is 17.7 Å². The zero-order chi connectivity index (χ0) is 16.2. The van der Waals surface area contributed by atoms with E-state index < -0.39 is 6.04 Å². The molecule has 0 aliphatic carbocycles. The first-order valence-electron chi connectivity index (χ1n) is 6.95. The van der Waals surface area contributed by atoms with Crippen LogP contribution in [0.15, 0.2) is 39.6 Å². The van der Waals surface area contributed by atoms with Gasteiger partial charge in [0.05, 0.1) is 5.51 Å². The van der Waals surface area contributed by atoms with Gasteiger partial charge in [-0.1, -0.05) is 12.1 Å². The summed E-state index contributed by atoms with van der Waals surface area (Å²) in [5.41, 5.74) is 9.71. The van der Waals surface area contributed by atoms with Crippen molar-refractivity contribution >= 4 is 22.9 Å². The van der Waals surface area contributed by atoms with Gasteiger partial charge in [0.2, 0.25) is 11.8 Å². The molecule has 8 heteroatoms. The normalized spacial score (nSPS) is 12.0. The molecule has 7 nitrogen and oxygen atoms in total. The van der Waals surface area contributed by atoms with Gasteiger partial charge in [0.25, 0.3) is 5.89 Å². The molecule has 23 heavy (non-hydrogen) atoms. The second-order valence-corrected chi connectivity index (χ2v) is 5.74. The molecule has 1 amide bonds. The van der Waals surface area contributed by atoms with E-state index >= 15 is 0 Å². The fraction of sp³-hybridized carbons (Fsp3) is 0.200. The number of nitrogens with zero attached hydrogens (tertiary/aromatic N) is 3. The van der Waals surface area contributed by atoms with Gasteiger partial charge in [-0.15, -0.1) is 21.5 Å². The summed E-state index contributed by atoms with van der Waals surface area (Å²) in [7, 11) is 0. The maximum atomic E-state index is 11.5. The van der Waals surface area contributed by atoms with Crippen molar-refractivity contribution < 1.29 is 9.21 Å². The number of benzene rings is 1. The van der Waals surface area contributed by atoms with E-state index in [0.717, 1.165) is 5.56 Å². The average Bonchev–Trinajstić information content (AvgIpc) is 3.19. The third kappa shape index (κ3) is 3.72. The number of hydrogen-bond acceptors (Lipinski definition) is 7. The van der Waals surface area contributed by atoms with E-state index in [2.05, 4.69) is 20.5 Å². The third-order valence-electron chi connectivity index (χ3n) is 3.19. The fourth-order valence-corrected chi connectivity index (χ4v) is 2.66. The molecule has 2 aromatic heterocycles. The predicted octanol–water partition coefficient (Wildman–Crippen LogP) is 2.20. The molecule has 1 aromatic carbocycles. The Labute approximate surface area is 136 Å². The summed E-state index contributed by atoms with van der Waals surface area (Å²) in [5, 5.41) is 12.7. The molecular weight excluding hydrogens is 314 g/mol. The smallest absolute Gasteiger partial charge is 0.267 e. The molecule has 0 bridgehead atoms. The van der Waals surface area contributed by atoms with Crippen LogP contribution in [-0.2, 0) is 11.2 Å². The summed E-state index contributed by atoms with van der Waals surface area (Å²) in [4.78, 5) is 15.6. The Kier molecular flexibility index (Phi) is 4.33. The van der Waals surface area contributed by atoms with Crippen LogP contribution in [-0.4, -0.2) is 21.1 Å². The third-order valence-corrected chi connectivity index (χ3v) is 3.77. The van der Waals surface area contributed by atoms with E-state index in [9.17, 15) is 4.79 Å². The molecule has 0 saturated heterocycles. The number of carbonyl (C=O) groups is 1. The molecule has 118 valence electrons. The molecule has 0 spiro atoms. The number of anilines is 1. The Morgan fingerprint density at radius 3 is 2.78 bits per heavy atom. The highest BCUT2D eigenvalue weighted by Gasteiger charge is 2.21. The molecule has 0 aliphatic rings. The molecule has 3 rings (SSSR count). The zero-order valence-electron chi connectivity index (χ0n) is 12.4. The molecule has 0 radical (unpaired) electrons. The Hall–Kier alpha value is -2.74. The Bertz CT molecular complexity index is 783. The number of amides is 1. The van der Waals surface area contributed by atoms with Crippen LogP contribution in [0.5, 0.6) is 0 Å². The number of nitrogens with two attached hydrogens (primary N) is 1. The van der Waals surface area contributed by atoms with Gasteiger partial charge in [0, 0.05) is 24.4 Å². The highest BCUT2D eigenvalue weighted by Crippen LogP contribution is 2.23. The number of hydrogen-bond donors (Lipinski definition) is 2. The van der Waals surface area contributed by atoms with Crippen LogP contribution < -0.4 is 11.1 Å². The summed E-state index contributed by atoms with van der Waals surface area (Å²) in [6, 6.07) is 7.03. The number of nitrogen functional groups attached to an aromatic ring is 1. The van der Waals surface area contributed by atoms with Crippen LogP contribution in [0.25, 0.3) is 11.6 Å². The lowest BCUT2D eigenvalue weighted by atomic mass is 10.1. The Balaban J connectivity index is 1.84. The van der Waals surface area contributed by atoms with Gasteiger partial charge in [-0.25, -0.2) is 4.98 Å². The summed E-state index contributed by atoms with van der Waals surface area (Å²) in [6.45, 7) is 1.45. The predicted molar refractivity (Wildman–Crippen MR) is 86.5 cm³/mol. The average molecular weight is 329 g/mol. The topological polar surface area (TPSA) is 107 Å². The Morgan fingerprint density at radius 1 is 1.35 bits per heavy atom. The molecule has 0 unspecified atom stereocenters. The number of carbonyl (C=O) groups excluding carboxylic acids is 1. The summed E-state index contributed by atoms with van der Waals surface area (Å²) in [6.07, 6.45) is 0.526. The van der Waals surface area contributed by atoms with Crippen LogP contribution >= 0.6 is 11.3 Å². The van der Waals surface area contributed by atoms with Crippen LogP contribution in [0.1, 0.15) is 24.4 Å². The molecule has 3 N–H and O–H groups in total. The van der Waals surface area contributed by atoms with E-state index in [1.807, 2.05) is 29.6 Å². The quantitative estimate of drug-likeness (QED) is 0.695. The van der Waals surface area contributed by atoms with Gasteiger partial charge < -0.3 is 15.5 Å². The van der Waals surface area contributed by atoms with Gasteiger partial charge in [0.1, 0.15) is 11.7 Å². The minimum absolute atomic E-state index is 0.168. The molecular formula is C15H15N5O2S. The van der Waals surface area contributed by atoms with Crippen LogP contribution in [0, 0.1) is 0 Å². The number of nitrogens with one attached hydrogen (secondary N) is 1. The van der Waals surface area contributed by atoms with Crippen molar-refractivity contribution in [1.29, 1.82) is 0 Å². The lowest BCUT2D eigenvalue weighted by molar-refractivity contribution is -0.119. The summed E-state index contributed by atoms with van der Waals surface area (Å²) < 4.78 is 5.67. The molecule has 1 atom stereocenters. The lowest BCUT2D eigenvalue weighted by Crippen LogP contribution is -2.28. The first-order valence-corrected chi connectivity index (χ1v) is 7.89. The van der Waals surface area contributed by atoms with Crippen molar-refractivity contribution in [3.8, 4) is 11.6 Å². The van der Waals surface area contributed by atoms with Gasteiger partial charge in [-0.2, -0.15) is 0 Å².